The minimum Gasteiger partial charge on any atom is -0.394 e. The largest absolute Gasteiger partial charge is 0.394 e. The Morgan fingerprint density at radius 2 is 1.81 bits per heavy atom. The topological polar surface area (TPSA) is 140 Å². The van der Waals surface area contributed by atoms with Crippen LogP contribution < -0.4 is 0 Å². The summed E-state index contributed by atoms with van der Waals surface area (Å²) in [5.41, 5.74) is 0.278. The zero-order chi connectivity index (χ0) is 20.5. The van der Waals surface area contributed by atoms with Gasteiger partial charge in [-0.15, -0.1) is 0 Å². The summed E-state index contributed by atoms with van der Waals surface area (Å²) in [6.07, 6.45) is -4.08. The van der Waals surface area contributed by atoms with Crippen LogP contribution in [0.1, 0.15) is 27.7 Å². The summed E-state index contributed by atoms with van der Waals surface area (Å²) in [7, 11) is 0. The van der Waals surface area contributed by atoms with Crippen LogP contribution in [0.4, 0.5) is 0 Å². The number of hydrogen-bond acceptors (Lipinski definition) is 8. The van der Waals surface area contributed by atoms with Gasteiger partial charge in [0.2, 0.25) is 0 Å². The van der Waals surface area contributed by atoms with Crippen LogP contribution in [0.15, 0.2) is 23.8 Å². The van der Waals surface area contributed by atoms with E-state index in [9.17, 15) is 30.6 Å². The Morgan fingerprint density at radius 1 is 1.19 bits per heavy atom. The van der Waals surface area contributed by atoms with Gasteiger partial charge in [-0.05, 0) is 13.8 Å². The van der Waals surface area contributed by atoms with Gasteiger partial charge in [-0.2, -0.15) is 0 Å². The maximum Gasteiger partial charge on any atom is 0.187 e. The minimum atomic E-state index is -1.54. The fourth-order valence-electron chi connectivity index (χ4n) is 3.77. The summed E-state index contributed by atoms with van der Waals surface area (Å²) in [6, 6.07) is 0. The van der Waals surface area contributed by atoms with Gasteiger partial charge in [0, 0.05) is 11.3 Å². The van der Waals surface area contributed by atoms with E-state index in [1.807, 2.05) is 26.8 Å². The maximum atomic E-state index is 10.8. The molecule has 156 valence electrons. The van der Waals surface area contributed by atoms with Crippen LogP contribution in [-0.2, 0) is 9.47 Å². The first kappa shape index (κ1) is 22.4. The lowest BCUT2D eigenvalue weighted by molar-refractivity contribution is -0.316. The molecule has 0 saturated carbocycles. The molecule has 8 nitrogen and oxygen atoms in total. The Morgan fingerprint density at radius 3 is 2.37 bits per heavy atom. The summed E-state index contributed by atoms with van der Waals surface area (Å²) in [5.74, 6) is -0.128. The number of hydrogen-bond donors (Lipinski definition) is 6. The Balaban J connectivity index is 2.21. The van der Waals surface area contributed by atoms with Crippen molar-refractivity contribution in [3.63, 3.8) is 0 Å². The first-order chi connectivity index (χ1) is 12.5. The van der Waals surface area contributed by atoms with Gasteiger partial charge < -0.3 is 40.1 Å². The molecule has 0 bridgehead atoms. The van der Waals surface area contributed by atoms with Crippen LogP contribution in [-0.4, -0.2) is 86.3 Å². The van der Waals surface area contributed by atoms with E-state index in [4.69, 9.17) is 9.47 Å². The van der Waals surface area contributed by atoms with Gasteiger partial charge in [-0.1, -0.05) is 37.6 Å². The third-order valence-corrected chi connectivity index (χ3v) is 5.51. The highest BCUT2D eigenvalue weighted by molar-refractivity contribution is 5.24. The molecule has 2 aliphatic rings. The molecular formula is C19H32O8. The van der Waals surface area contributed by atoms with Crippen molar-refractivity contribution in [1.82, 2.24) is 0 Å². The minimum absolute atomic E-state index is 0.128. The Hall–Kier alpha value is -0.840. The first-order valence-corrected chi connectivity index (χ1v) is 9.19. The molecule has 0 spiro atoms. The quantitative estimate of drug-likeness (QED) is 0.332. The predicted octanol–water partition coefficient (Wildman–Crippen LogP) is -0.928. The van der Waals surface area contributed by atoms with Crippen LogP contribution in [0, 0.1) is 11.3 Å². The molecule has 8 heteroatoms. The average molecular weight is 388 g/mol. The van der Waals surface area contributed by atoms with Crippen molar-refractivity contribution in [3.05, 3.63) is 23.8 Å². The van der Waals surface area contributed by atoms with Crippen molar-refractivity contribution in [2.75, 3.05) is 6.61 Å². The van der Waals surface area contributed by atoms with Crippen LogP contribution in [0.3, 0.4) is 0 Å². The van der Waals surface area contributed by atoms with Gasteiger partial charge in [0.05, 0.1) is 18.8 Å². The first-order valence-electron chi connectivity index (χ1n) is 9.19. The van der Waals surface area contributed by atoms with Crippen molar-refractivity contribution in [3.8, 4) is 0 Å². The molecule has 1 saturated heterocycles. The average Bonchev–Trinajstić information content (AvgIpc) is 2.59. The molecule has 0 unspecified atom stereocenters. The van der Waals surface area contributed by atoms with E-state index in [0.29, 0.717) is 0 Å². The van der Waals surface area contributed by atoms with E-state index in [-0.39, 0.29) is 5.92 Å². The Bertz CT molecular complexity index is 556. The van der Waals surface area contributed by atoms with Crippen LogP contribution in [0.2, 0.25) is 0 Å². The Kier molecular flexibility index (Phi) is 7.21. The molecule has 0 aromatic heterocycles. The second-order valence-corrected chi connectivity index (χ2v) is 8.08. The second-order valence-electron chi connectivity index (χ2n) is 8.08. The molecule has 0 aromatic rings. The molecule has 0 amide bonds. The third-order valence-electron chi connectivity index (χ3n) is 5.51. The van der Waals surface area contributed by atoms with E-state index >= 15 is 0 Å². The summed E-state index contributed by atoms with van der Waals surface area (Å²) in [6.45, 7) is 6.72. The normalized spacial score (nSPS) is 43.6. The number of allylic oxidation sites excluding steroid dienone is 2. The van der Waals surface area contributed by atoms with E-state index < -0.39 is 61.0 Å². The third kappa shape index (κ3) is 4.60. The SMILES string of the molecule is CC1=C[C@@H](O[C@@H]2O[C@H](CO)[C@@H](O)[C@H](O)[C@H]2O)[C@H](O)C(C)(C)[C@@H]1C=C[C@@H](C)O. The fraction of sp³-hybridized carbons (Fsp3) is 0.789. The predicted molar refractivity (Wildman–Crippen MR) is 96.5 cm³/mol. The van der Waals surface area contributed by atoms with E-state index in [0.717, 1.165) is 5.57 Å². The van der Waals surface area contributed by atoms with Crippen LogP contribution in [0.25, 0.3) is 0 Å². The van der Waals surface area contributed by atoms with Crippen molar-refractivity contribution < 1.29 is 40.1 Å². The molecule has 2 rings (SSSR count). The van der Waals surface area contributed by atoms with E-state index in [1.54, 1.807) is 19.1 Å². The summed E-state index contributed by atoms with van der Waals surface area (Å²) in [4.78, 5) is 0. The molecule has 27 heavy (non-hydrogen) atoms. The highest BCUT2D eigenvalue weighted by Crippen LogP contribution is 2.43. The molecule has 6 N–H and O–H groups in total. The van der Waals surface area contributed by atoms with Crippen molar-refractivity contribution >= 4 is 0 Å². The lowest BCUT2D eigenvalue weighted by atomic mass is 9.65. The van der Waals surface area contributed by atoms with Gasteiger partial charge in [0.25, 0.3) is 0 Å². The molecule has 0 radical (unpaired) electrons. The lowest BCUT2D eigenvalue weighted by Crippen LogP contribution is -2.60. The van der Waals surface area contributed by atoms with Crippen LogP contribution >= 0.6 is 0 Å². The summed E-state index contributed by atoms with van der Waals surface area (Å²) in [5, 5.41) is 59.5. The molecule has 1 aliphatic heterocycles. The number of rotatable bonds is 5. The Labute approximate surface area is 159 Å². The van der Waals surface area contributed by atoms with Gasteiger partial charge in [0.15, 0.2) is 6.29 Å². The smallest absolute Gasteiger partial charge is 0.187 e. The fourth-order valence-corrected chi connectivity index (χ4v) is 3.77. The summed E-state index contributed by atoms with van der Waals surface area (Å²) >= 11 is 0. The zero-order valence-electron chi connectivity index (χ0n) is 16.1. The standard InChI is InChI=1S/C19H32O8/c1-9-7-12(17(25)19(3,4)11(9)6-5-10(2)21)26-18-16(24)15(23)14(22)13(8-20)27-18/h5-7,10-18,20-25H,8H2,1-4H3/t10-,11-,12-,13-,14-,15+,16-,17+,18-/m1/s1. The molecule has 0 aromatic carbocycles. The van der Waals surface area contributed by atoms with E-state index in [2.05, 4.69) is 0 Å². The van der Waals surface area contributed by atoms with Gasteiger partial charge in [0.1, 0.15) is 30.5 Å². The monoisotopic (exact) mass is 388 g/mol. The summed E-state index contributed by atoms with van der Waals surface area (Å²) < 4.78 is 11.1. The number of ether oxygens (including phenoxy) is 2. The van der Waals surface area contributed by atoms with Gasteiger partial charge >= 0.3 is 0 Å². The lowest BCUT2D eigenvalue weighted by Gasteiger charge is -2.47. The van der Waals surface area contributed by atoms with Crippen molar-refractivity contribution in [2.24, 2.45) is 11.3 Å². The molecular weight excluding hydrogens is 356 g/mol. The molecule has 1 heterocycles. The van der Waals surface area contributed by atoms with Crippen molar-refractivity contribution in [1.29, 1.82) is 0 Å². The highest BCUT2D eigenvalue weighted by Gasteiger charge is 2.48. The van der Waals surface area contributed by atoms with Crippen molar-refractivity contribution in [2.45, 2.75) is 76.7 Å². The number of aliphatic hydroxyl groups is 6. The molecule has 1 aliphatic carbocycles. The number of aliphatic hydroxyl groups excluding tert-OH is 6. The molecule has 1 fully saturated rings. The maximum absolute atomic E-state index is 10.8. The highest BCUT2D eigenvalue weighted by atomic mass is 16.7. The zero-order valence-corrected chi connectivity index (χ0v) is 16.1. The van der Waals surface area contributed by atoms with Crippen LogP contribution in [0.5, 0.6) is 0 Å². The van der Waals surface area contributed by atoms with Gasteiger partial charge in [-0.3, -0.25) is 0 Å². The van der Waals surface area contributed by atoms with Gasteiger partial charge in [-0.25, -0.2) is 0 Å². The molecule has 9 atom stereocenters. The van der Waals surface area contributed by atoms with E-state index in [1.165, 1.54) is 0 Å². The second kappa shape index (κ2) is 8.67.